The smallest absolute Gasteiger partial charge is 0.252 e. The van der Waals surface area contributed by atoms with E-state index in [0.717, 1.165) is 45.4 Å². The Morgan fingerprint density at radius 3 is 2.60 bits per heavy atom. The van der Waals surface area contributed by atoms with Crippen LogP contribution in [0.15, 0.2) is 60.7 Å². The number of aromatic nitrogens is 1. The van der Waals surface area contributed by atoms with Crippen LogP contribution in [0.3, 0.4) is 0 Å². The van der Waals surface area contributed by atoms with Gasteiger partial charge in [0.25, 0.3) is 5.91 Å². The molecule has 4 N–H and O–H groups in total. The molecule has 3 heterocycles. The third kappa shape index (κ3) is 4.00. The fourth-order valence-corrected chi connectivity index (χ4v) is 5.48. The number of aromatic amines is 1. The summed E-state index contributed by atoms with van der Waals surface area (Å²) in [6.45, 7) is 3.78. The molecule has 6 rings (SSSR count). The van der Waals surface area contributed by atoms with Crippen molar-refractivity contribution in [2.24, 2.45) is 5.73 Å². The van der Waals surface area contributed by atoms with Gasteiger partial charge >= 0.3 is 0 Å². The molecule has 0 aliphatic carbocycles. The molecule has 0 spiro atoms. The number of primary amides is 1. The Bertz CT molecular complexity index is 1460. The molecule has 6 heteroatoms. The normalized spacial score (nSPS) is 15.8. The molecule has 1 saturated heterocycles. The summed E-state index contributed by atoms with van der Waals surface area (Å²) in [6.07, 6.45) is 3.91. The number of hydrogen-bond acceptors (Lipinski definition) is 3. The highest BCUT2D eigenvalue weighted by atomic mass is 16.2. The second kappa shape index (κ2) is 8.71. The number of hydrogen-bond donors (Lipinski definition) is 3. The summed E-state index contributed by atoms with van der Waals surface area (Å²) in [5, 5.41) is 4.13. The molecule has 35 heavy (non-hydrogen) atoms. The van der Waals surface area contributed by atoms with E-state index in [9.17, 15) is 9.59 Å². The number of nitrogens with zero attached hydrogens (tertiary/aromatic N) is 1. The Morgan fingerprint density at radius 1 is 0.943 bits per heavy atom. The number of fused-ring (bicyclic) bond motifs is 2. The van der Waals surface area contributed by atoms with Crippen LogP contribution >= 0.6 is 0 Å². The number of piperidine rings is 1. The zero-order chi connectivity index (χ0) is 23.9. The van der Waals surface area contributed by atoms with Crippen LogP contribution in [0, 0.1) is 0 Å². The first-order valence-corrected chi connectivity index (χ1v) is 12.3. The second-order valence-corrected chi connectivity index (χ2v) is 9.58. The van der Waals surface area contributed by atoms with Gasteiger partial charge in [-0.1, -0.05) is 36.8 Å². The molecule has 2 aliphatic heterocycles. The largest absolute Gasteiger partial charge is 0.366 e. The zero-order valence-electron chi connectivity index (χ0n) is 19.6. The third-order valence-corrected chi connectivity index (χ3v) is 7.25. The second-order valence-electron chi connectivity index (χ2n) is 9.58. The fourth-order valence-electron chi connectivity index (χ4n) is 5.48. The molecule has 2 aliphatic rings. The Labute approximate surface area is 204 Å². The van der Waals surface area contributed by atoms with Crippen molar-refractivity contribution >= 4 is 22.7 Å². The molecule has 2 amide bonds. The van der Waals surface area contributed by atoms with Crippen molar-refractivity contribution in [1.82, 2.24) is 15.2 Å². The van der Waals surface area contributed by atoms with Crippen molar-refractivity contribution in [1.29, 1.82) is 0 Å². The number of amides is 2. The van der Waals surface area contributed by atoms with Gasteiger partial charge in [0.1, 0.15) is 0 Å². The van der Waals surface area contributed by atoms with E-state index in [0.29, 0.717) is 17.7 Å². The van der Waals surface area contributed by atoms with Crippen molar-refractivity contribution in [2.75, 3.05) is 13.1 Å². The number of benzene rings is 3. The Hall–Kier alpha value is -3.90. The molecule has 0 radical (unpaired) electrons. The van der Waals surface area contributed by atoms with Crippen LogP contribution in [0.2, 0.25) is 0 Å². The lowest BCUT2D eigenvalue weighted by molar-refractivity contribution is 0.0964. The predicted molar refractivity (Wildman–Crippen MR) is 138 cm³/mol. The van der Waals surface area contributed by atoms with Crippen LogP contribution in [-0.2, 0) is 13.1 Å². The first kappa shape index (κ1) is 21.6. The van der Waals surface area contributed by atoms with Gasteiger partial charge in [-0.2, -0.15) is 0 Å². The zero-order valence-corrected chi connectivity index (χ0v) is 19.6. The summed E-state index contributed by atoms with van der Waals surface area (Å²) in [6, 6.07) is 20.0. The van der Waals surface area contributed by atoms with Crippen LogP contribution < -0.4 is 11.1 Å². The SMILES string of the molecule is NC(=O)c1cccc(-c2ccc(-c3cc4cc(CN5CCCCC5)ccc4[nH]3)c3c2CNC3=O)c1. The third-order valence-electron chi connectivity index (χ3n) is 7.25. The average Bonchev–Trinajstić information content (AvgIpc) is 3.48. The van der Waals surface area contributed by atoms with Gasteiger partial charge in [-0.3, -0.25) is 14.5 Å². The van der Waals surface area contributed by atoms with Crippen molar-refractivity contribution in [3.63, 3.8) is 0 Å². The van der Waals surface area contributed by atoms with Gasteiger partial charge in [-0.05, 0) is 78.5 Å². The highest BCUT2D eigenvalue weighted by Crippen LogP contribution is 2.37. The van der Waals surface area contributed by atoms with Crippen LogP contribution in [0.1, 0.15) is 51.1 Å². The molecule has 0 unspecified atom stereocenters. The van der Waals surface area contributed by atoms with E-state index in [1.165, 1.54) is 37.9 Å². The molecule has 0 atom stereocenters. The molecule has 0 saturated carbocycles. The van der Waals surface area contributed by atoms with Crippen LogP contribution in [-0.4, -0.2) is 34.8 Å². The summed E-state index contributed by atoms with van der Waals surface area (Å²) in [7, 11) is 0. The molecule has 1 fully saturated rings. The molecule has 3 aromatic carbocycles. The number of H-pyrrole nitrogens is 1. The van der Waals surface area contributed by atoms with Crippen molar-refractivity contribution < 1.29 is 9.59 Å². The van der Waals surface area contributed by atoms with Gasteiger partial charge < -0.3 is 16.0 Å². The number of carbonyl (C=O) groups is 2. The molecule has 176 valence electrons. The number of nitrogens with one attached hydrogen (secondary N) is 2. The van der Waals surface area contributed by atoms with E-state index in [1.807, 2.05) is 24.3 Å². The number of rotatable bonds is 5. The lowest BCUT2D eigenvalue weighted by Crippen LogP contribution is -2.28. The van der Waals surface area contributed by atoms with Gasteiger partial charge in [-0.25, -0.2) is 0 Å². The highest BCUT2D eigenvalue weighted by molar-refractivity contribution is 6.07. The monoisotopic (exact) mass is 464 g/mol. The molecule has 6 nitrogen and oxygen atoms in total. The van der Waals surface area contributed by atoms with E-state index >= 15 is 0 Å². The number of carbonyl (C=O) groups excluding carboxylic acids is 2. The van der Waals surface area contributed by atoms with E-state index in [1.54, 1.807) is 12.1 Å². The first-order chi connectivity index (χ1) is 17.1. The van der Waals surface area contributed by atoms with E-state index in [-0.39, 0.29) is 5.91 Å². The molecule has 4 aromatic rings. The van der Waals surface area contributed by atoms with Gasteiger partial charge in [0.2, 0.25) is 5.91 Å². The first-order valence-electron chi connectivity index (χ1n) is 12.3. The van der Waals surface area contributed by atoms with Crippen molar-refractivity contribution in [3.05, 3.63) is 82.9 Å². The Morgan fingerprint density at radius 2 is 1.77 bits per heavy atom. The summed E-state index contributed by atoms with van der Waals surface area (Å²) >= 11 is 0. The van der Waals surface area contributed by atoms with Crippen LogP contribution in [0.25, 0.3) is 33.3 Å². The molecule has 1 aromatic heterocycles. The van der Waals surface area contributed by atoms with Crippen LogP contribution in [0.4, 0.5) is 0 Å². The summed E-state index contributed by atoms with van der Waals surface area (Å²) in [5.41, 5.74) is 13.6. The van der Waals surface area contributed by atoms with Crippen LogP contribution in [0.5, 0.6) is 0 Å². The molecular formula is C29H28N4O2. The van der Waals surface area contributed by atoms with E-state index < -0.39 is 5.91 Å². The summed E-state index contributed by atoms with van der Waals surface area (Å²) in [5.74, 6) is -0.542. The number of nitrogens with two attached hydrogens (primary N) is 1. The predicted octanol–water partition coefficient (Wildman–Crippen LogP) is 4.83. The van der Waals surface area contributed by atoms with Gasteiger partial charge in [0.15, 0.2) is 0 Å². The quantitative estimate of drug-likeness (QED) is 0.395. The fraction of sp³-hybridized carbons (Fsp3) is 0.241. The Kier molecular flexibility index (Phi) is 5.38. The molecule has 0 bridgehead atoms. The van der Waals surface area contributed by atoms with E-state index in [4.69, 9.17) is 5.73 Å². The van der Waals surface area contributed by atoms with Crippen molar-refractivity contribution in [2.45, 2.75) is 32.4 Å². The topological polar surface area (TPSA) is 91.2 Å². The lowest BCUT2D eigenvalue weighted by Gasteiger charge is -2.26. The van der Waals surface area contributed by atoms with E-state index in [2.05, 4.69) is 39.5 Å². The standard InChI is InChI=1S/C29H28N4O2/c30-28(34)20-6-4-5-19(14-20)22-8-9-23(27-24(22)16-31-29(27)35)26-15-21-13-18(7-10-25(21)32-26)17-33-11-2-1-3-12-33/h4-10,13-15,32H,1-3,11-12,16-17H2,(H2,30,34)(H,31,35). The summed E-state index contributed by atoms with van der Waals surface area (Å²) < 4.78 is 0. The average molecular weight is 465 g/mol. The minimum atomic E-state index is -0.466. The minimum absolute atomic E-state index is 0.0765. The molecular weight excluding hydrogens is 436 g/mol. The maximum atomic E-state index is 12.9. The lowest BCUT2D eigenvalue weighted by atomic mass is 9.91. The number of likely N-dealkylation sites (tertiary alicyclic amines) is 1. The highest BCUT2D eigenvalue weighted by Gasteiger charge is 2.27. The minimum Gasteiger partial charge on any atom is -0.366 e. The van der Waals surface area contributed by atoms with Gasteiger partial charge in [0, 0.05) is 40.8 Å². The van der Waals surface area contributed by atoms with Crippen molar-refractivity contribution in [3.8, 4) is 22.4 Å². The summed E-state index contributed by atoms with van der Waals surface area (Å²) in [4.78, 5) is 30.6. The maximum absolute atomic E-state index is 12.9. The van der Waals surface area contributed by atoms with Gasteiger partial charge in [-0.15, -0.1) is 0 Å². The van der Waals surface area contributed by atoms with Gasteiger partial charge in [0.05, 0.1) is 5.56 Å². The Balaban J connectivity index is 1.38. The maximum Gasteiger partial charge on any atom is 0.252 e.